The third-order valence-electron chi connectivity index (χ3n) is 4.84. The maximum absolute atomic E-state index is 5.60. The molecular weight excluding hydrogens is 264 g/mol. The fourth-order valence-electron chi connectivity index (χ4n) is 3.22. The van der Waals surface area contributed by atoms with E-state index in [1.807, 2.05) is 0 Å². The molecule has 0 amide bonds. The standard InChI is InChI=1S/C17H34N2O2/c1-17(2,3)16-13-19(8-5-9-21-11-10-20-4)15(12-18-16)14-6-7-14/h14-16,18H,5-13H2,1-4H3. The van der Waals surface area contributed by atoms with Crippen molar-refractivity contribution in [2.45, 2.75) is 52.1 Å². The van der Waals surface area contributed by atoms with Gasteiger partial charge < -0.3 is 14.8 Å². The van der Waals surface area contributed by atoms with E-state index in [4.69, 9.17) is 9.47 Å². The first-order valence-electron chi connectivity index (χ1n) is 8.56. The zero-order chi connectivity index (χ0) is 15.3. The summed E-state index contributed by atoms with van der Waals surface area (Å²) in [5, 5.41) is 3.79. The summed E-state index contributed by atoms with van der Waals surface area (Å²) >= 11 is 0. The summed E-state index contributed by atoms with van der Waals surface area (Å²) in [5.41, 5.74) is 0.335. The molecule has 1 N–H and O–H groups in total. The second-order valence-electron chi connectivity index (χ2n) is 7.69. The summed E-state index contributed by atoms with van der Waals surface area (Å²) in [6.45, 7) is 12.8. The summed E-state index contributed by atoms with van der Waals surface area (Å²) in [5.74, 6) is 0.938. The van der Waals surface area contributed by atoms with Crippen LogP contribution in [0.1, 0.15) is 40.0 Å². The molecular formula is C17H34N2O2. The van der Waals surface area contributed by atoms with Gasteiger partial charge in [0.2, 0.25) is 0 Å². The summed E-state index contributed by atoms with van der Waals surface area (Å²) < 4.78 is 10.6. The Morgan fingerprint density at radius 2 is 1.90 bits per heavy atom. The molecule has 2 unspecified atom stereocenters. The predicted molar refractivity (Wildman–Crippen MR) is 86.6 cm³/mol. The molecule has 0 aromatic heterocycles. The molecule has 1 aliphatic carbocycles. The Kier molecular flexibility index (Phi) is 6.48. The molecule has 0 aromatic carbocycles. The van der Waals surface area contributed by atoms with Gasteiger partial charge in [-0.15, -0.1) is 0 Å². The zero-order valence-electron chi connectivity index (χ0n) is 14.4. The van der Waals surface area contributed by atoms with Crippen LogP contribution < -0.4 is 5.32 Å². The third kappa shape index (κ3) is 5.51. The Balaban J connectivity index is 1.75. The van der Waals surface area contributed by atoms with Gasteiger partial charge in [-0.3, -0.25) is 4.90 Å². The van der Waals surface area contributed by atoms with Crippen LogP contribution in [0.2, 0.25) is 0 Å². The molecule has 0 spiro atoms. The van der Waals surface area contributed by atoms with Crippen LogP contribution in [0, 0.1) is 11.3 Å². The van der Waals surface area contributed by atoms with Crippen molar-refractivity contribution >= 4 is 0 Å². The summed E-state index contributed by atoms with van der Waals surface area (Å²) in [4.78, 5) is 2.73. The molecule has 1 heterocycles. The number of rotatable bonds is 8. The van der Waals surface area contributed by atoms with Crippen molar-refractivity contribution in [3.63, 3.8) is 0 Å². The van der Waals surface area contributed by atoms with E-state index in [9.17, 15) is 0 Å². The van der Waals surface area contributed by atoms with Gasteiger partial charge in [0.1, 0.15) is 0 Å². The Hall–Kier alpha value is -0.160. The molecule has 4 nitrogen and oxygen atoms in total. The Labute approximate surface area is 130 Å². The molecule has 1 aliphatic heterocycles. The first-order valence-corrected chi connectivity index (χ1v) is 8.56. The van der Waals surface area contributed by atoms with Crippen molar-refractivity contribution in [1.29, 1.82) is 0 Å². The highest BCUT2D eigenvalue weighted by atomic mass is 16.5. The van der Waals surface area contributed by atoms with Gasteiger partial charge in [-0.1, -0.05) is 20.8 Å². The number of hydrogen-bond donors (Lipinski definition) is 1. The zero-order valence-corrected chi connectivity index (χ0v) is 14.4. The van der Waals surface area contributed by atoms with Crippen molar-refractivity contribution < 1.29 is 9.47 Å². The van der Waals surface area contributed by atoms with Crippen molar-refractivity contribution in [3.8, 4) is 0 Å². The molecule has 2 atom stereocenters. The maximum atomic E-state index is 5.60. The van der Waals surface area contributed by atoms with Crippen LogP contribution >= 0.6 is 0 Å². The highest BCUT2D eigenvalue weighted by Gasteiger charge is 2.40. The lowest BCUT2D eigenvalue weighted by Gasteiger charge is -2.45. The molecule has 124 valence electrons. The maximum Gasteiger partial charge on any atom is 0.0700 e. The lowest BCUT2D eigenvalue weighted by Crippen LogP contribution is -2.61. The molecule has 21 heavy (non-hydrogen) atoms. The minimum Gasteiger partial charge on any atom is -0.382 e. The fourth-order valence-corrected chi connectivity index (χ4v) is 3.22. The van der Waals surface area contributed by atoms with Gasteiger partial charge in [-0.05, 0) is 30.6 Å². The van der Waals surface area contributed by atoms with Crippen LogP contribution in [0.3, 0.4) is 0 Å². The molecule has 2 aliphatic rings. The quantitative estimate of drug-likeness (QED) is 0.696. The minimum absolute atomic E-state index is 0.335. The number of ether oxygens (including phenoxy) is 2. The SMILES string of the molecule is COCCOCCCN1CC(C(C)(C)C)NCC1C1CC1. The van der Waals surface area contributed by atoms with Crippen LogP contribution in [0.5, 0.6) is 0 Å². The van der Waals surface area contributed by atoms with Gasteiger partial charge in [0, 0.05) is 45.4 Å². The number of nitrogens with zero attached hydrogens (tertiary/aromatic N) is 1. The Morgan fingerprint density at radius 1 is 1.14 bits per heavy atom. The van der Waals surface area contributed by atoms with Crippen LogP contribution in [-0.2, 0) is 9.47 Å². The van der Waals surface area contributed by atoms with Gasteiger partial charge in [0.15, 0.2) is 0 Å². The Morgan fingerprint density at radius 3 is 2.52 bits per heavy atom. The van der Waals surface area contributed by atoms with Gasteiger partial charge in [-0.25, -0.2) is 0 Å². The van der Waals surface area contributed by atoms with Crippen molar-refractivity contribution in [3.05, 3.63) is 0 Å². The highest BCUT2D eigenvalue weighted by molar-refractivity contribution is 4.97. The summed E-state index contributed by atoms with van der Waals surface area (Å²) in [6, 6.07) is 1.35. The number of piperazine rings is 1. The normalized spacial score (nSPS) is 28.0. The topological polar surface area (TPSA) is 33.7 Å². The first kappa shape index (κ1) is 17.2. The van der Waals surface area contributed by atoms with E-state index in [0.717, 1.165) is 31.5 Å². The van der Waals surface area contributed by atoms with Gasteiger partial charge >= 0.3 is 0 Å². The third-order valence-corrected chi connectivity index (χ3v) is 4.84. The minimum atomic E-state index is 0.335. The van der Waals surface area contributed by atoms with E-state index in [1.54, 1.807) is 7.11 Å². The van der Waals surface area contributed by atoms with Crippen molar-refractivity contribution in [2.24, 2.45) is 11.3 Å². The van der Waals surface area contributed by atoms with Gasteiger partial charge in [0.05, 0.1) is 13.2 Å². The van der Waals surface area contributed by atoms with E-state index in [2.05, 4.69) is 31.0 Å². The second kappa shape index (κ2) is 7.91. The molecule has 1 saturated heterocycles. The van der Waals surface area contributed by atoms with E-state index in [1.165, 1.54) is 25.9 Å². The van der Waals surface area contributed by atoms with E-state index < -0.39 is 0 Å². The summed E-state index contributed by atoms with van der Waals surface area (Å²) in [7, 11) is 1.72. The van der Waals surface area contributed by atoms with Crippen molar-refractivity contribution in [2.75, 3.05) is 46.6 Å². The predicted octanol–water partition coefficient (Wildman–Crippen LogP) is 2.14. The molecule has 2 fully saturated rings. The van der Waals surface area contributed by atoms with E-state index >= 15 is 0 Å². The molecule has 4 heteroatoms. The number of nitrogens with one attached hydrogen (secondary N) is 1. The highest BCUT2D eigenvalue weighted by Crippen LogP contribution is 2.37. The van der Waals surface area contributed by atoms with Gasteiger partial charge in [-0.2, -0.15) is 0 Å². The van der Waals surface area contributed by atoms with Gasteiger partial charge in [0.25, 0.3) is 0 Å². The molecule has 1 saturated carbocycles. The smallest absolute Gasteiger partial charge is 0.0700 e. The first-order chi connectivity index (χ1) is 10.0. The second-order valence-corrected chi connectivity index (χ2v) is 7.69. The largest absolute Gasteiger partial charge is 0.382 e. The number of hydrogen-bond acceptors (Lipinski definition) is 4. The van der Waals surface area contributed by atoms with Crippen LogP contribution in [0.25, 0.3) is 0 Å². The van der Waals surface area contributed by atoms with E-state index in [-0.39, 0.29) is 0 Å². The molecule has 0 radical (unpaired) electrons. The fraction of sp³-hybridized carbons (Fsp3) is 1.00. The molecule has 0 aromatic rings. The lowest BCUT2D eigenvalue weighted by molar-refractivity contribution is 0.0459. The lowest BCUT2D eigenvalue weighted by atomic mass is 9.84. The summed E-state index contributed by atoms with van der Waals surface area (Å²) in [6.07, 6.45) is 3.98. The van der Waals surface area contributed by atoms with Crippen molar-refractivity contribution in [1.82, 2.24) is 10.2 Å². The Bertz CT molecular complexity index is 300. The van der Waals surface area contributed by atoms with Crippen LogP contribution in [0.4, 0.5) is 0 Å². The average Bonchev–Trinajstić information content (AvgIpc) is 3.26. The van der Waals surface area contributed by atoms with E-state index in [0.29, 0.717) is 24.7 Å². The van der Waals surface area contributed by atoms with Crippen LogP contribution in [-0.4, -0.2) is 63.5 Å². The number of methoxy groups -OCH3 is 1. The average molecular weight is 298 g/mol. The molecule has 2 rings (SSSR count). The monoisotopic (exact) mass is 298 g/mol. The van der Waals surface area contributed by atoms with Crippen LogP contribution in [0.15, 0.2) is 0 Å². The molecule has 0 bridgehead atoms.